The molecule has 0 N–H and O–H groups in total. The minimum absolute atomic E-state index is 0.0841. The first-order valence-electron chi connectivity index (χ1n) is 10.7. The second-order valence-electron chi connectivity index (χ2n) is 9.81. The number of nitrogens with zero attached hydrogens (tertiary/aromatic N) is 2. The van der Waals surface area contributed by atoms with Crippen LogP contribution in [0.5, 0.6) is 0 Å². The molecule has 4 saturated carbocycles. The van der Waals surface area contributed by atoms with Crippen LogP contribution in [0.25, 0.3) is 5.82 Å². The van der Waals surface area contributed by atoms with Gasteiger partial charge in [-0.1, -0.05) is 21.1 Å². The molecule has 30 heavy (non-hydrogen) atoms. The zero-order chi connectivity index (χ0) is 21.3. The minimum Gasteiger partial charge on any atom is -0.457 e. The Bertz CT molecular complexity index is 1020. The van der Waals surface area contributed by atoms with E-state index in [1.165, 1.54) is 6.42 Å². The van der Waals surface area contributed by atoms with Crippen molar-refractivity contribution in [2.45, 2.75) is 63.6 Å². The van der Waals surface area contributed by atoms with E-state index >= 15 is 0 Å². The number of halogens is 1. The average molecular weight is 475 g/mol. The Morgan fingerprint density at radius 3 is 2.50 bits per heavy atom. The van der Waals surface area contributed by atoms with Gasteiger partial charge in [0, 0.05) is 27.3 Å². The highest BCUT2D eigenvalue weighted by atomic mass is 79.9. The van der Waals surface area contributed by atoms with Gasteiger partial charge in [0.15, 0.2) is 12.4 Å². The van der Waals surface area contributed by atoms with Crippen LogP contribution in [-0.2, 0) is 9.53 Å². The van der Waals surface area contributed by atoms with Crippen molar-refractivity contribution >= 4 is 27.7 Å². The molecule has 6 rings (SSSR count). The van der Waals surface area contributed by atoms with Crippen LogP contribution in [0.15, 0.2) is 16.7 Å². The SMILES string of the molecule is Cc1cc(-n2c(C)cc(C(=O)COC(=O)C34C[C@H]5C[C@@H](CC(Br)(C5)C3)C4)c2C)no1. The summed E-state index contributed by atoms with van der Waals surface area (Å²) in [6.45, 7) is 5.41. The van der Waals surface area contributed by atoms with Crippen LogP contribution in [0.1, 0.15) is 66.0 Å². The molecule has 0 unspecified atom stereocenters. The van der Waals surface area contributed by atoms with Gasteiger partial charge in [0.2, 0.25) is 5.78 Å². The summed E-state index contributed by atoms with van der Waals surface area (Å²) in [6, 6.07) is 3.66. The molecule has 7 heteroatoms. The number of ketones is 1. The molecule has 4 bridgehead atoms. The summed E-state index contributed by atoms with van der Waals surface area (Å²) in [5.41, 5.74) is 1.81. The predicted molar refractivity (Wildman–Crippen MR) is 114 cm³/mol. The molecule has 0 radical (unpaired) electrons. The molecular weight excluding hydrogens is 448 g/mol. The zero-order valence-electron chi connectivity index (χ0n) is 17.7. The Hall–Kier alpha value is -1.89. The highest BCUT2D eigenvalue weighted by molar-refractivity contribution is 9.10. The van der Waals surface area contributed by atoms with Crippen LogP contribution >= 0.6 is 15.9 Å². The van der Waals surface area contributed by atoms with Crippen LogP contribution in [-0.4, -0.2) is 32.4 Å². The Morgan fingerprint density at radius 2 is 1.90 bits per heavy atom. The molecule has 0 saturated heterocycles. The van der Waals surface area contributed by atoms with Crippen molar-refractivity contribution in [1.29, 1.82) is 0 Å². The van der Waals surface area contributed by atoms with Crippen molar-refractivity contribution < 1.29 is 18.8 Å². The average Bonchev–Trinajstić information content (AvgIpc) is 3.19. The normalized spacial score (nSPS) is 31.9. The van der Waals surface area contributed by atoms with Crippen LogP contribution in [0, 0.1) is 38.0 Å². The summed E-state index contributed by atoms with van der Waals surface area (Å²) in [4.78, 5) is 26.1. The molecule has 0 aliphatic heterocycles. The summed E-state index contributed by atoms with van der Waals surface area (Å²) in [7, 11) is 0. The van der Waals surface area contributed by atoms with Crippen molar-refractivity contribution in [2.75, 3.05) is 6.61 Å². The van der Waals surface area contributed by atoms with Crippen LogP contribution < -0.4 is 0 Å². The van der Waals surface area contributed by atoms with Gasteiger partial charge in [-0.3, -0.25) is 14.2 Å². The maximum Gasteiger partial charge on any atom is 0.312 e. The number of alkyl halides is 1. The molecular formula is C23H27BrN2O4. The van der Waals surface area contributed by atoms with E-state index in [1.807, 2.05) is 37.5 Å². The Balaban J connectivity index is 1.31. The molecule has 2 aromatic heterocycles. The van der Waals surface area contributed by atoms with E-state index in [0.29, 0.717) is 29.0 Å². The van der Waals surface area contributed by atoms with Gasteiger partial charge < -0.3 is 9.26 Å². The number of rotatable bonds is 5. The van der Waals surface area contributed by atoms with Gasteiger partial charge in [0.05, 0.1) is 5.41 Å². The highest BCUT2D eigenvalue weighted by Crippen LogP contribution is 2.64. The number of aromatic nitrogens is 2. The molecule has 4 aliphatic rings. The third-order valence-electron chi connectivity index (χ3n) is 7.33. The number of hydrogen-bond acceptors (Lipinski definition) is 5. The molecule has 4 fully saturated rings. The number of hydrogen-bond donors (Lipinski definition) is 0. The van der Waals surface area contributed by atoms with Gasteiger partial charge in [0.1, 0.15) is 5.76 Å². The van der Waals surface area contributed by atoms with Gasteiger partial charge in [-0.2, -0.15) is 0 Å². The molecule has 0 aromatic carbocycles. The number of ether oxygens (including phenoxy) is 1. The lowest BCUT2D eigenvalue weighted by Gasteiger charge is -2.58. The van der Waals surface area contributed by atoms with E-state index in [1.54, 1.807) is 0 Å². The van der Waals surface area contributed by atoms with Crippen molar-refractivity contribution in [2.24, 2.45) is 17.3 Å². The summed E-state index contributed by atoms with van der Waals surface area (Å²) >= 11 is 3.93. The maximum atomic E-state index is 13.1. The van der Waals surface area contributed by atoms with E-state index < -0.39 is 5.41 Å². The predicted octanol–water partition coefficient (Wildman–Crippen LogP) is 4.85. The van der Waals surface area contributed by atoms with Crippen LogP contribution in [0.2, 0.25) is 0 Å². The third-order valence-corrected chi connectivity index (χ3v) is 8.26. The maximum absolute atomic E-state index is 13.1. The zero-order valence-corrected chi connectivity index (χ0v) is 19.3. The fourth-order valence-electron chi connectivity index (χ4n) is 6.61. The van der Waals surface area contributed by atoms with E-state index in [2.05, 4.69) is 21.1 Å². The molecule has 2 aromatic rings. The summed E-state index contributed by atoms with van der Waals surface area (Å²) in [6.07, 6.45) is 6.19. The summed E-state index contributed by atoms with van der Waals surface area (Å²) in [5, 5.41) is 4.05. The van der Waals surface area contributed by atoms with E-state index in [-0.39, 0.29) is 22.7 Å². The van der Waals surface area contributed by atoms with Gasteiger partial charge in [-0.25, -0.2) is 0 Å². The number of carbonyl (C=O) groups excluding carboxylic acids is 2. The first-order chi connectivity index (χ1) is 14.2. The monoisotopic (exact) mass is 474 g/mol. The first kappa shape index (κ1) is 20.0. The Labute approximate surface area is 184 Å². The van der Waals surface area contributed by atoms with E-state index in [9.17, 15) is 9.59 Å². The van der Waals surface area contributed by atoms with Crippen molar-refractivity contribution in [3.8, 4) is 5.82 Å². The topological polar surface area (TPSA) is 74.3 Å². The molecule has 2 atom stereocenters. The third kappa shape index (κ3) is 3.17. The van der Waals surface area contributed by atoms with Crippen LogP contribution in [0.4, 0.5) is 0 Å². The lowest BCUT2D eigenvalue weighted by Crippen LogP contribution is -2.56. The fourth-order valence-corrected chi connectivity index (χ4v) is 8.06. The van der Waals surface area contributed by atoms with Gasteiger partial charge >= 0.3 is 5.97 Å². The van der Waals surface area contributed by atoms with Gasteiger partial charge in [0.25, 0.3) is 0 Å². The number of aryl methyl sites for hydroxylation is 2. The molecule has 0 spiro atoms. The smallest absolute Gasteiger partial charge is 0.312 e. The Morgan fingerprint density at radius 1 is 1.20 bits per heavy atom. The standard InChI is InChI=1S/C23H27BrN2O4/c1-13-4-18(15(3)26(13)20-5-14(2)30-25-20)19(27)11-29-21(28)22-7-16-6-17(8-22)10-23(24,9-16)12-22/h4-5,16-17H,6-12H2,1-3H3/t16-,17-,22?,23?/m1/s1. The minimum atomic E-state index is -0.414. The van der Waals surface area contributed by atoms with E-state index in [4.69, 9.17) is 9.26 Å². The summed E-state index contributed by atoms with van der Waals surface area (Å²) < 4.78 is 12.8. The molecule has 2 heterocycles. The number of carbonyl (C=O) groups is 2. The lowest BCUT2D eigenvalue weighted by molar-refractivity contribution is -0.168. The molecule has 160 valence electrons. The number of esters is 1. The quantitative estimate of drug-likeness (QED) is 0.351. The molecule has 6 nitrogen and oxygen atoms in total. The van der Waals surface area contributed by atoms with Crippen molar-refractivity contribution in [1.82, 2.24) is 9.72 Å². The van der Waals surface area contributed by atoms with Crippen molar-refractivity contribution in [3.63, 3.8) is 0 Å². The van der Waals surface area contributed by atoms with E-state index in [0.717, 1.165) is 43.5 Å². The second-order valence-corrected chi connectivity index (χ2v) is 11.5. The highest BCUT2D eigenvalue weighted by Gasteiger charge is 2.60. The van der Waals surface area contributed by atoms with Gasteiger partial charge in [-0.15, -0.1) is 0 Å². The van der Waals surface area contributed by atoms with Gasteiger partial charge in [-0.05, 0) is 77.2 Å². The molecule has 0 amide bonds. The van der Waals surface area contributed by atoms with Crippen LogP contribution in [0.3, 0.4) is 0 Å². The van der Waals surface area contributed by atoms with Crippen molar-refractivity contribution in [3.05, 3.63) is 34.8 Å². The first-order valence-corrected chi connectivity index (χ1v) is 11.5. The number of Topliss-reactive ketones (excluding diaryl/α,β-unsaturated/α-hetero) is 1. The largest absolute Gasteiger partial charge is 0.457 e. The second kappa shape index (κ2) is 6.81. The fraction of sp³-hybridized carbons (Fsp3) is 0.609. The lowest BCUT2D eigenvalue weighted by atomic mass is 9.49. The Kier molecular flexibility index (Phi) is 4.55. The molecule has 4 aliphatic carbocycles. The summed E-state index contributed by atoms with van der Waals surface area (Å²) in [5.74, 6) is 2.18.